The molecule has 0 heteroatoms. The zero-order chi connectivity index (χ0) is 15.7. The van der Waals surface area contributed by atoms with Gasteiger partial charge in [0.15, 0.2) is 0 Å². The van der Waals surface area contributed by atoms with Gasteiger partial charge in [0.1, 0.15) is 0 Å². The molecule has 6 rings (SSSR count). The number of hydrogen-bond acceptors (Lipinski definition) is 0. The predicted octanol–water partition coefficient (Wildman–Crippen LogP) is 6.18. The van der Waals surface area contributed by atoms with Crippen molar-refractivity contribution in [2.45, 2.75) is 65.7 Å². The molecule has 0 N–H and O–H groups in total. The van der Waals surface area contributed by atoms with Crippen molar-refractivity contribution >= 4 is 0 Å². The van der Waals surface area contributed by atoms with E-state index in [-0.39, 0.29) is 0 Å². The van der Waals surface area contributed by atoms with Crippen molar-refractivity contribution in [1.29, 1.82) is 0 Å². The number of allylic oxidation sites excluding steroid dienone is 2. The molecule has 0 aromatic carbocycles. The third kappa shape index (κ3) is 1.79. The summed E-state index contributed by atoms with van der Waals surface area (Å²) in [4.78, 5) is 0. The van der Waals surface area contributed by atoms with Crippen LogP contribution in [0.3, 0.4) is 0 Å². The van der Waals surface area contributed by atoms with Gasteiger partial charge in [-0.05, 0) is 90.8 Å². The second kappa shape index (κ2) is 5.37. The van der Waals surface area contributed by atoms with Gasteiger partial charge in [0.2, 0.25) is 0 Å². The maximum absolute atomic E-state index is 2.63. The first-order chi connectivity index (χ1) is 11.4. The van der Waals surface area contributed by atoms with Gasteiger partial charge in [-0.3, -0.25) is 0 Å². The van der Waals surface area contributed by atoms with E-state index >= 15 is 0 Å². The average Bonchev–Trinajstić information content (AvgIpc) is 3.36. The Morgan fingerprint density at radius 3 is 2.22 bits per heavy atom. The standard InChI is InChI=1S/C21H30.C2H6/c1-2-11-4-3-5-14-16-10-17(19(11)14)18-9-15-12-6-7-13(8-12)20(15)21(16)18;1-2/h6-7,11-21H,2-5,8-10H2,1H3;1-2H3. The van der Waals surface area contributed by atoms with Crippen molar-refractivity contribution in [3.8, 4) is 0 Å². The molecule has 0 aliphatic heterocycles. The summed E-state index contributed by atoms with van der Waals surface area (Å²) in [5.74, 6) is 12.4. The smallest absolute Gasteiger partial charge is 0.0194 e. The van der Waals surface area contributed by atoms with Crippen LogP contribution in [-0.4, -0.2) is 0 Å². The Hall–Kier alpha value is -0.260. The third-order valence-corrected chi connectivity index (χ3v) is 9.48. The molecule has 0 spiro atoms. The summed E-state index contributed by atoms with van der Waals surface area (Å²) in [6.07, 6.45) is 16.3. The largest absolute Gasteiger partial charge is 0.0848 e. The van der Waals surface area contributed by atoms with Gasteiger partial charge in [-0.2, -0.15) is 0 Å². The first-order valence-corrected chi connectivity index (χ1v) is 11.0. The van der Waals surface area contributed by atoms with Crippen LogP contribution in [0.1, 0.15) is 65.7 Å². The Labute approximate surface area is 143 Å². The quantitative estimate of drug-likeness (QED) is 0.507. The zero-order valence-corrected chi connectivity index (χ0v) is 15.5. The van der Waals surface area contributed by atoms with Gasteiger partial charge in [0, 0.05) is 0 Å². The van der Waals surface area contributed by atoms with Crippen molar-refractivity contribution in [3.05, 3.63) is 12.2 Å². The second-order valence-corrected chi connectivity index (χ2v) is 9.57. The topological polar surface area (TPSA) is 0 Å². The molecule has 128 valence electrons. The van der Waals surface area contributed by atoms with Gasteiger partial charge >= 0.3 is 0 Å². The Kier molecular flexibility index (Phi) is 3.51. The number of fused-ring (bicyclic) bond motifs is 14. The lowest BCUT2D eigenvalue weighted by molar-refractivity contribution is 0.0183. The van der Waals surface area contributed by atoms with Crippen LogP contribution < -0.4 is 0 Å². The fourth-order valence-electron chi connectivity index (χ4n) is 9.23. The highest BCUT2D eigenvalue weighted by molar-refractivity contribution is 5.22. The summed E-state index contributed by atoms with van der Waals surface area (Å²) < 4.78 is 0. The molecular formula is C23H36. The Balaban J connectivity index is 0.000000587. The summed E-state index contributed by atoms with van der Waals surface area (Å²) >= 11 is 0. The van der Waals surface area contributed by atoms with Gasteiger partial charge in [0.25, 0.3) is 0 Å². The Bertz CT molecular complexity index is 490. The van der Waals surface area contributed by atoms with Crippen molar-refractivity contribution in [2.24, 2.45) is 65.1 Å². The van der Waals surface area contributed by atoms with Gasteiger partial charge in [-0.25, -0.2) is 0 Å². The lowest BCUT2D eigenvalue weighted by Crippen LogP contribution is -2.41. The second-order valence-electron chi connectivity index (χ2n) is 9.57. The van der Waals surface area contributed by atoms with Gasteiger partial charge < -0.3 is 0 Å². The van der Waals surface area contributed by atoms with E-state index in [1.165, 1.54) is 36.0 Å². The first kappa shape index (κ1) is 15.0. The van der Waals surface area contributed by atoms with Crippen LogP contribution >= 0.6 is 0 Å². The van der Waals surface area contributed by atoms with E-state index in [1.807, 2.05) is 13.8 Å². The highest BCUT2D eigenvalue weighted by Crippen LogP contribution is 2.73. The normalized spacial score (nSPS) is 60.2. The van der Waals surface area contributed by atoms with Crippen LogP contribution in [0.15, 0.2) is 12.2 Å². The number of hydrogen-bond donors (Lipinski definition) is 0. The zero-order valence-electron chi connectivity index (χ0n) is 15.5. The summed E-state index contributed by atoms with van der Waals surface area (Å²) in [5, 5.41) is 0. The van der Waals surface area contributed by atoms with E-state index in [1.54, 1.807) is 38.5 Å². The minimum absolute atomic E-state index is 1.01. The van der Waals surface area contributed by atoms with Crippen molar-refractivity contribution in [1.82, 2.24) is 0 Å². The summed E-state index contributed by atoms with van der Waals surface area (Å²) in [6, 6.07) is 0. The van der Waals surface area contributed by atoms with Crippen LogP contribution in [0.25, 0.3) is 0 Å². The summed E-state index contributed by atoms with van der Waals surface area (Å²) in [6.45, 7) is 6.48. The maximum Gasteiger partial charge on any atom is -0.0194 e. The lowest BCUT2D eigenvalue weighted by Gasteiger charge is -2.47. The first-order valence-electron chi connectivity index (χ1n) is 11.0. The van der Waals surface area contributed by atoms with E-state index in [0.29, 0.717) is 0 Å². The van der Waals surface area contributed by atoms with Crippen LogP contribution in [0.4, 0.5) is 0 Å². The van der Waals surface area contributed by atoms with Gasteiger partial charge in [-0.15, -0.1) is 0 Å². The van der Waals surface area contributed by atoms with Crippen LogP contribution in [0, 0.1) is 65.1 Å². The average molecular weight is 313 g/mol. The van der Waals surface area contributed by atoms with Crippen LogP contribution in [0.2, 0.25) is 0 Å². The minimum Gasteiger partial charge on any atom is -0.0848 e. The lowest BCUT2D eigenvalue weighted by atomic mass is 9.58. The molecule has 0 radical (unpaired) electrons. The predicted molar refractivity (Wildman–Crippen MR) is 96.9 cm³/mol. The van der Waals surface area contributed by atoms with Crippen molar-refractivity contribution in [2.75, 3.05) is 0 Å². The molecule has 0 nitrogen and oxygen atoms in total. The van der Waals surface area contributed by atoms with Crippen molar-refractivity contribution in [3.63, 3.8) is 0 Å². The minimum atomic E-state index is 1.01. The molecule has 0 heterocycles. The fourth-order valence-corrected chi connectivity index (χ4v) is 9.23. The number of rotatable bonds is 1. The van der Waals surface area contributed by atoms with Crippen molar-refractivity contribution < 1.29 is 0 Å². The molecule has 5 saturated carbocycles. The highest BCUT2D eigenvalue weighted by atomic mass is 14.7. The van der Waals surface area contributed by atoms with Crippen LogP contribution in [0.5, 0.6) is 0 Å². The monoisotopic (exact) mass is 312 g/mol. The van der Waals surface area contributed by atoms with Crippen LogP contribution in [-0.2, 0) is 0 Å². The molecule has 5 fully saturated rings. The molecule has 11 atom stereocenters. The summed E-state index contributed by atoms with van der Waals surface area (Å²) in [7, 11) is 0. The van der Waals surface area contributed by atoms with E-state index < -0.39 is 0 Å². The molecule has 0 saturated heterocycles. The Morgan fingerprint density at radius 1 is 0.696 bits per heavy atom. The molecule has 6 aliphatic carbocycles. The molecule has 4 bridgehead atoms. The fraction of sp³-hybridized carbons (Fsp3) is 0.913. The van der Waals surface area contributed by atoms with Gasteiger partial charge in [0.05, 0.1) is 0 Å². The molecule has 6 aliphatic rings. The van der Waals surface area contributed by atoms with E-state index in [4.69, 9.17) is 0 Å². The SMILES string of the molecule is CC.CCC1CCCC2C3CC(C4CC5C6C=CC(C6)C5C34)C12. The molecule has 0 amide bonds. The van der Waals surface area contributed by atoms with E-state index in [9.17, 15) is 0 Å². The highest BCUT2D eigenvalue weighted by Gasteiger charge is 2.67. The molecule has 11 unspecified atom stereocenters. The molecule has 0 aromatic heterocycles. The van der Waals surface area contributed by atoms with E-state index in [0.717, 1.165) is 35.5 Å². The van der Waals surface area contributed by atoms with E-state index in [2.05, 4.69) is 19.1 Å². The third-order valence-electron chi connectivity index (χ3n) is 9.48. The summed E-state index contributed by atoms with van der Waals surface area (Å²) in [5.41, 5.74) is 0. The maximum atomic E-state index is 2.63. The molecule has 0 aromatic rings. The van der Waals surface area contributed by atoms with Gasteiger partial charge in [-0.1, -0.05) is 52.2 Å². The Morgan fingerprint density at radius 2 is 1.39 bits per heavy atom. The molecular weight excluding hydrogens is 276 g/mol. The molecule has 23 heavy (non-hydrogen) atoms.